The average molecular weight is 272 g/mol. The minimum Gasteiger partial charge on any atom is -0.359 e. The molecule has 0 radical (unpaired) electrons. The first-order valence-electron chi connectivity index (χ1n) is 4.64. The molecule has 17 heavy (non-hydrogen) atoms. The Balaban J connectivity index is 2.79. The van der Waals surface area contributed by atoms with Crippen LogP contribution in [0.15, 0.2) is 30.9 Å². The number of halogens is 1. The normalized spacial score (nSPS) is 9.47. The van der Waals surface area contributed by atoms with Gasteiger partial charge in [-0.15, -0.1) is 6.58 Å². The van der Waals surface area contributed by atoms with Gasteiger partial charge in [0, 0.05) is 18.3 Å². The molecule has 7 heteroatoms. The van der Waals surface area contributed by atoms with Gasteiger partial charge in [0.15, 0.2) is 5.11 Å². The first-order valence-corrected chi connectivity index (χ1v) is 5.43. The Hall–Kier alpha value is -1.66. The highest BCUT2D eigenvalue weighted by atomic mass is 35.5. The number of hydrogen-bond donors (Lipinski definition) is 2. The van der Waals surface area contributed by atoms with Crippen LogP contribution in [0.3, 0.4) is 0 Å². The summed E-state index contributed by atoms with van der Waals surface area (Å²) >= 11 is 10.7. The minimum absolute atomic E-state index is 0.0884. The monoisotopic (exact) mass is 271 g/mol. The van der Waals surface area contributed by atoms with E-state index in [0.717, 1.165) is 0 Å². The van der Waals surface area contributed by atoms with E-state index in [1.54, 1.807) is 12.1 Å². The van der Waals surface area contributed by atoms with Crippen LogP contribution >= 0.6 is 23.8 Å². The molecule has 0 heterocycles. The second-order valence-corrected chi connectivity index (χ2v) is 3.86. The van der Waals surface area contributed by atoms with Crippen molar-refractivity contribution in [1.29, 1.82) is 0 Å². The molecule has 0 unspecified atom stereocenters. The zero-order chi connectivity index (χ0) is 12.8. The lowest BCUT2D eigenvalue weighted by molar-refractivity contribution is -0.384. The quantitative estimate of drug-likeness (QED) is 0.381. The molecule has 0 saturated carbocycles. The number of thiocarbonyl (C=S) groups is 1. The highest BCUT2D eigenvalue weighted by Crippen LogP contribution is 2.27. The maximum atomic E-state index is 10.7. The largest absolute Gasteiger partial charge is 0.359 e. The summed E-state index contributed by atoms with van der Waals surface area (Å²) < 4.78 is 0. The zero-order valence-electron chi connectivity index (χ0n) is 8.77. The molecule has 0 spiro atoms. The van der Waals surface area contributed by atoms with E-state index >= 15 is 0 Å². The van der Waals surface area contributed by atoms with Crippen LogP contribution < -0.4 is 10.6 Å². The third kappa shape index (κ3) is 4.01. The summed E-state index contributed by atoms with van der Waals surface area (Å²) in [6.07, 6.45) is 1.65. The number of anilines is 1. The zero-order valence-corrected chi connectivity index (χ0v) is 10.3. The van der Waals surface area contributed by atoms with E-state index in [9.17, 15) is 10.1 Å². The van der Waals surface area contributed by atoms with Gasteiger partial charge in [-0.2, -0.15) is 0 Å². The lowest BCUT2D eigenvalue weighted by Crippen LogP contribution is -2.28. The van der Waals surface area contributed by atoms with Crippen molar-refractivity contribution in [3.8, 4) is 0 Å². The molecule has 0 fully saturated rings. The van der Waals surface area contributed by atoms with Crippen LogP contribution in [0.4, 0.5) is 11.4 Å². The Morgan fingerprint density at radius 3 is 2.94 bits per heavy atom. The maximum absolute atomic E-state index is 10.7. The second kappa shape index (κ2) is 6.17. The molecule has 0 bridgehead atoms. The third-order valence-corrected chi connectivity index (χ3v) is 2.37. The number of nitro groups is 1. The summed E-state index contributed by atoms with van der Waals surface area (Å²) in [5, 5.41) is 16.8. The average Bonchev–Trinajstić information content (AvgIpc) is 2.28. The van der Waals surface area contributed by atoms with Crippen molar-refractivity contribution in [1.82, 2.24) is 5.32 Å². The van der Waals surface area contributed by atoms with Crippen LogP contribution in [0.1, 0.15) is 0 Å². The van der Waals surface area contributed by atoms with Crippen molar-refractivity contribution in [3.05, 3.63) is 46.0 Å². The molecular formula is C10H10ClN3O2S. The van der Waals surface area contributed by atoms with E-state index in [1.165, 1.54) is 12.1 Å². The Morgan fingerprint density at radius 2 is 2.35 bits per heavy atom. The number of rotatable bonds is 4. The summed E-state index contributed by atoms with van der Waals surface area (Å²) in [5.74, 6) is 0. The van der Waals surface area contributed by atoms with Gasteiger partial charge in [-0.3, -0.25) is 10.1 Å². The molecule has 0 aromatic heterocycles. The van der Waals surface area contributed by atoms with Gasteiger partial charge in [0.25, 0.3) is 5.69 Å². The van der Waals surface area contributed by atoms with Crippen molar-refractivity contribution in [2.75, 3.05) is 11.9 Å². The highest BCUT2D eigenvalue weighted by Gasteiger charge is 2.12. The van der Waals surface area contributed by atoms with Gasteiger partial charge in [-0.1, -0.05) is 17.7 Å². The number of nitro benzene ring substituents is 1. The van der Waals surface area contributed by atoms with E-state index in [0.29, 0.717) is 17.3 Å². The SMILES string of the molecule is C=CCNC(=S)Nc1ccc(Cl)c([N+](=O)[O-])c1. The molecular weight excluding hydrogens is 262 g/mol. The molecule has 1 rings (SSSR count). The predicted octanol–water partition coefficient (Wildman–Crippen LogP) is 2.72. The lowest BCUT2D eigenvalue weighted by atomic mass is 10.3. The molecule has 0 aliphatic rings. The second-order valence-electron chi connectivity index (χ2n) is 3.05. The van der Waals surface area contributed by atoms with Crippen molar-refractivity contribution in [3.63, 3.8) is 0 Å². The molecule has 0 atom stereocenters. The van der Waals surface area contributed by atoms with Crippen LogP contribution in [0.25, 0.3) is 0 Å². The molecule has 0 aliphatic carbocycles. The van der Waals surface area contributed by atoms with E-state index in [-0.39, 0.29) is 10.7 Å². The summed E-state index contributed by atoms with van der Waals surface area (Å²) in [5.41, 5.74) is 0.339. The number of nitrogens with one attached hydrogen (secondary N) is 2. The Labute approximate surface area is 109 Å². The predicted molar refractivity (Wildman–Crippen MR) is 72.5 cm³/mol. The molecule has 90 valence electrons. The minimum atomic E-state index is -0.548. The molecule has 1 aromatic rings. The van der Waals surface area contributed by atoms with E-state index in [1.807, 2.05) is 0 Å². The van der Waals surface area contributed by atoms with E-state index in [2.05, 4.69) is 17.2 Å². The topological polar surface area (TPSA) is 67.2 Å². The standard InChI is InChI=1S/C10H10ClN3O2S/c1-2-5-12-10(17)13-7-3-4-8(11)9(6-7)14(15)16/h2-4,6H,1,5H2,(H2,12,13,17). The van der Waals surface area contributed by atoms with Crippen LogP contribution in [0, 0.1) is 10.1 Å². The van der Waals surface area contributed by atoms with Crippen LogP contribution in [-0.2, 0) is 0 Å². The first kappa shape index (κ1) is 13.4. The Kier molecular flexibility index (Phi) is 4.86. The van der Waals surface area contributed by atoms with Crippen LogP contribution in [0.2, 0.25) is 5.02 Å². The highest BCUT2D eigenvalue weighted by molar-refractivity contribution is 7.80. The van der Waals surface area contributed by atoms with Crippen molar-refractivity contribution >= 4 is 40.3 Å². The van der Waals surface area contributed by atoms with Crippen LogP contribution in [0.5, 0.6) is 0 Å². The van der Waals surface area contributed by atoms with Gasteiger partial charge in [-0.25, -0.2) is 0 Å². The van der Waals surface area contributed by atoms with Gasteiger partial charge in [0.05, 0.1) is 4.92 Å². The van der Waals surface area contributed by atoms with Gasteiger partial charge in [-0.05, 0) is 24.4 Å². The van der Waals surface area contributed by atoms with Crippen molar-refractivity contribution in [2.24, 2.45) is 0 Å². The van der Waals surface area contributed by atoms with Gasteiger partial charge in [0.2, 0.25) is 0 Å². The fourth-order valence-corrected chi connectivity index (χ4v) is 1.46. The van der Waals surface area contributed by atoms with Gasteiger partial charge >= 0.3 is 0 Å². The molecule has 0 saturated heterocycles. The van der Waals surface area contributed by atoms with Crippen molar-refractivity contribution < 1.29 is 4.92 Å². The van der Waals surface area contributed by atoms with Crippen molar-refractivity contribution in [2.45, 2.75) is 0 Å². The fourth-order valence-electron chi connectivity index (χ4n) is 1.07. The van der Waals surface area contributed by atoms with Gasteiger partial charge in [0.1, 0.15) is 5.02 Å². The smallest absolute Gasteiger partial charge is 0.289 e. The van der Waals surface area contributed by atoms with E-state index in [4.69, 9.17) is 23.8 Å². The molecule has 2 N–H and O–H groups in total. The summed E-state index contributed by atoms with van der Waals surface area (Å²) in [6.45, 7) is 4.05. The summed E-state index contributed by atoms with van der Waals surface area (Å²) in [7, 11) is 0. The molecule has 0 aliphatic heterocycles. The molecule has 0 amide bonds. The summed E-state index contributed by atoms with van der Waals surface area (Å²) in [6, 6.07) is 4.37. The fraction of sp³-hybridized carbons (Fsp3) is 0.100. The number of hydrogen-bond acceptors (Lipinski definition) is 3. The molecule has 1 aromatic carbocycles. The van der Waals surface area contributed by atoms with Crippen LogP contribution in [-0.4, -0.2) is 16.6 Å². The number of nitrogens with zero attached hydrogens (tertiary/aromatic N) is 1. The maximum Gasteiger partial charge on any atom is 0.289 e. The third-order valence-electron chi connectivity index (χ3n) is 1.81. The van der Waals surface area contributed by atoms with Gasteiger partial charge < -0.3 is 10.6 Å². The van der Waals surface area contributed by atoms with E-state index < -0.39 is 4.92 Å². The Bertz CT molecular complexity index is 465. The Morgan fingerprint density at radius 1 is 1.65 bits per heavy atom. The number of benzene rings is 1. The lowest BCUT2D eigenvalue weighted by Gasteiger charge is -2.08. The summed E-state index contributed by atoms with van der Waals surface area (Å²) in [4.78, 5) is 10.1. The first-order chi connectivity index (χ1) is 8.04. The molecule has 5 nitrogen and oxygen atoms in total.